The smallest absolute Gasteiger partial charge is 0.281 e. The van der Waals surface area contributed by atoms with Gasteiger partial charge >= 0.3 is 0 Å². The summed E-state index contributed by atoms with van der Waals surface area (Å²) < 4.78 is 7.69. The summed E-state index contributed by atoms with van der Waals surface area (Å²) in [5.41, 5.74) is 2.34. The van der Waals surface area contributed by atoms with Crippen LogP contribution in [0.25, 0.3) is 11.0 Å². The molecule has 3 nitrogen and oxygen atoms in total. The van der Waals surface area contributed by atoms with E-state index in [0.717, 1.165) is 17.9 Å². The van der Waals surface area contributed by atoms with Gasteiger partial charge in [-0.05, 0) is 12.1 Å². The zero-order valence-electron chi connectivity index (χ0n) is 8.24. The van der Waals surface area contributed by atoms with Gasteiger partial charge in [-0.3, -0.25) is 0 Å². The van der Waals surface area contributed by atoms with Crippen LogP contribution < -0.4 is 4.57 Å². The normalized spacial score (nSPS) is 21.3. The van der Waals surface area contributed by atoms with Crippen molar-refractivity contribution in [3.05, 3.63) is 30.1 Å². The number of hydrogen-bond acceptors (Lipinski definition) is 1. The van der Waals surface area contributed by atoms with Gasteiger partial charge in [-0.15, -0.1) is 11.6 Å². The Morgan fingerprint density at radius 2 is 2.27 bits per heavy atom. The molecule has 3 rings (SSSR count). The van der Waals surface area contributed by atoms with Crippen molar-refractivity contribution in [2.45, 2.75) is 18.5 Å². The second-order valence-electron chi connectivity index (χ2n) is 3.81. The summed E-state index contributed by atoms with van der Waals surface area (Å²) in [6.45, 7) is 2.03. The lowest BCUT2D eigenvalue weighted by Crippen LogP contribution is -2.39. The Bertz CT molecular complexity index is 494. The van der Waals surface area contributed by atoms with Crippen LogP contribution in [-0.4, -0.2) is 17.0 Å². The zero-order valence-corrected chi connectivity index (χ0v) is 9.00. The highest BCUT2D eigenvalue weighted by Gasteiger charge is 2.24. The molecule has 0 fully saturated rings. The predicted octanol–water partition coefficient (Wildman–Crippen LogP) is 1.59. The van der Waals surface area contributed by atoms with Gasteiger partial charge in [0.05, 0.1) is 12.0 Å². The van der Waals surface area contributed by atoms with Crippen molar-refractivity contribution in [2.24, 2.45) is 0 Å². The highest BCUT2D eigenvalue weighted by Crippen LogP contribution is 2.13. The maximum atomic E-state index is 6.15. The topological polar surface area (TPSA) is 28.9 Å². The molecule has 0 spiro atoms. The van der Waals surface area contributed by atoms with Crippen molar-refractivity contribution >= 4 is 22.6 Å². The Morgan fingerprint density at radius 1 is 1.40 bits per heavy atom. The molecule has 1 N–H and O–H groups in total. The van der Waals surface area contributed by atoms with Crippen molar-refractivity contribution in [1.29, 1.82) is 0 Å². The number of hydrogen-bond donors (Lipinski definition) is 1. The first-order valence-electron chi connectivity index (χ1n) is 5.06. The number of imidazole rings is 1. The van der Waals surface area contributed by atoms with Crippen LogP contribution in [0.3, 0.4) is 0 Å². The van der Waals surface area contributed by atoms with Crippen molar-refractivity contribution < 1.29 is 9.30 Å². The molecule has 2 heterocycles. The van der Waals surface area contributed by atoms with Crippen molar-refractivity contribution in [3.63, 3.8) is 0 Å². The van der Waals surface area contributed by atoms with Gasteiger partial charge in [0, 0.05) is 0 Å². The van der Waals surface area contributed by atoms with Gasteiger partial charge in [-0.25, -0.2) is 9.55 Å². The van der Waals surface area contributed by atoms with Crippen LogP contribution in [0.4, 0.5) is 0 Å². The Kier molecular flexibility index (Phi) is 2.15. The maximum Gasteiger partial charge on any atom is 0.281 e. The van der Waals surface area contributed by atoms with E-state index in [1.165, 1.54) is 5.52 Å². The standard InChI is InChI=1S/C11H11ClN2O/c12-8-5-14-10-4-2-1-3-9(10)13-11(14)7-15-6-8/h1-4,8H,5-7H2/p+1. The van der Waals surface area contributed by atoms with Crippen molar-refractivity contribution in [2.75, 3.05) is 6.61 Å². The number of para-hydroxylation sites is 2. The SMILES string of the molecule is ClC1COCc2[nH]c3ccccc3[n+]2C1. The Morgan fingerprint density at radius 3 is 3.20 bits per heavy atom. The van der Waals surface area contributed by atoms with Gasteiger partial charge in [0.2, 0.25) is 0 Å². The van der Waals surface area contributed by atoms with E-state index < -0.39 is 0 Å². The molecule has 1 aromatic heterocycles. The largest absolute Gasteiger partial charge is 0.367 e. The summed E-state index contributed by atoms with van der Waals surface area (Å²) in [5, 5.41) is 0.0513. The van der Waals surface area contributed by atoms with Gasteiger partial charge in [-0.1, -0.05) is 12.1 Å². The van der Waals surface area contributed by atoms with Crippen LogP contribution in [0.5, 0.6) is 0 Å². The number of rotatable bonds is 0. The van der Waals surface area contributed by atoms with E-state index in [9.17, 15) is 0 Å². The lowest BCUT2D eigenvalue weighted by molar-refractivity contribution is -0.677. The molecular formula is C11H12ClN2O+. The van der Waals surface area contributed by atoms with Gasteiger partial charge in [0.25, 0.3) is 5.82 Å². The first-order valence-corrected chi connectivity index (χ1v) is 5.49. The highest BCUT2D eigenvalue weighted by molar-refractivity contribution is 6.20. The molecule has 4 heteroatoms. The van der Waals surface area contributed by atoms with E-state index in [1.54, 1.807) is 0 Å². The average molecular weight is 224 g/mol. The van der Waals surface area contributed by atoms with E-state index in [0.29, 0.717) is 13.2 Å². The molecule has 0 aliphatic carbocycles. The first-order chi connectivity index (χ1) is 7.34. The number of nitrogens with one attached hydrogen (secondary N) is 1. The fourth-order valence-corrected chi connectivity index (χ4v) is 2.27. The monoisotopic (exact) mass is 223 g/mol. The average Bonchev–Trinajstić information content (AvgIpc) is 2.47. The third-order valence-corrected chi connectivity index (χ3v) is 2.98. The van der Waals surface area contributed by atoms with E-state index in [1.807, 2.05) is 12.1 Å². The minimum Gasteiger partial charge on any atom is -0.367 e. The fraction of sp³-hybridized carbons (Fsp3) is 0.364. The summed E-state index contributed by atoms with van der Waals surface area (Å²) >= 11 is 6.15. The minimum absolute atomic E-state index is 0.0513. The zero-order chi connectivity index (χ0) is 10.3. The molecule has 0 radical (unpaired) electrons. The molecule has 1 aliphatic heterocycles. The van der Waals surface area contributed by atoms with Crippen LogP contribution in [-0.2, 0) is 17.9 Å². The van der Waals surface area contributed by atoms with Crippen molar-refractivity contribution in [3.8, 4) is 0 Å². The number of nitrogens with zero attached hydrogens (tertiary/aromatic N) is 1. The summed E-state index contributed by atoms with van der Waals surface area (Å²) in [6.07, 6.45) is 0. The molecule has 0 saturated heterocycles. The molecule has 1 atom stereocenters. The van der Waals surface area contributed by atoms with Crippen LogP contribution in [0, 0.1) is 0 Å². The van der Waals surface area contributed by atoms with Gasteiger partial charge in [-0.2, -0.15) is 0 Å². The van der Waals surface area contributed by atoms with Gasteiger partial charge < -0.3 is 4.74 Å². The Labute approximate surface area is 92.6 Å². The number of H-pyrrole nitrogens is 1. The minimum atomic E-state index is 0.0513. The maximum absolute atomic E-state index is 6.15. The first kappa shape index (κ1) is 9.19. The quantitative estimate of drug-likeness (QED) is 0.534. The molecule has 0 amide bonds. The summed E-state index contributed by atoms with van der Waals surface area (Å²) in [7, 11) is 0. The van der Waals surface area contributed by atoms with E-state index in [2.05, 4.69) is 21.7 Å². The summed E-state index contributed by atoms with van der Waals surface area (Å²) in [5.74, 6) is 1.10. The molecule has 78 valence electrons. The summed E-state index contributed by atoms with van der Waals surface area (Å²) in [6, 6.07) is 8.24. The molecular weight excluding hydrogens is 212 g/mol. The number of halogens is 1. The van der Waals surface area contributed by atoms with Crippen molar-refractivity contribution in [1.82, 2.24) is 4.98 Å². The molecule has 2 aromatic rings. The second-order valence-corrected chi connectivity index (χ2v) is 4.43. The number of ether oxygens (including phenoxy) is 1. The third-order valence-electron chi connectivity index (χ3n) is 2.72. The van der Waals surface area contributed by atoms with Crippen LogP contribution in [0.2, 0.25) is 0 Å². The number of alkyl halides is 1. The number of fused-ring (bicyclic) bond motifs is 3. The molecule has 0 bridgehead atoms. The Hall–Kier alpha value is -1.06. The van der Waals surface area contributed by atoms with Gasteiger partial charge in [0.15, 0.2) is 11.0 Å². The van der Waals surface area contributed by atoms with Crippen LogP contribution >= 0.6 is 11.6 Å². The Balaban J connectivity index is 2.20. The highest BCUT2D eigenvalue weighted by atomic mass is 35.5. The molecule has 0 saturated carbocycles. The number of aromatic nitrogens is 2. The molecule has 1 aliphatic rings. The predicted molar refractivity (Wildman–Crippen MR) is 57.8 cm³/mol. The third kappa shape index (κ3) is 1.52. The van der Waals surface area contributed by atoms with E-state index in [4.69, 9.17) is 16.3 Å². The molecule has 1 unspecified atom stereocenters. The lowest BCUT2D eigenvalue weighted by atomic mass is 10.3. The van der Waals surface area contributed by atoms with Gasteiger partial charge in [0.1, 0.15) is 13.2 Å². The molecule has 1 aromatic carbocycles. The fourth-order valence-electron chi connectivity index (χ4n) is 2.04. The second kappa shape index (κ2) is 3.51. The van der Waals surface area contributed by atoms with Crippen LogP contribution in [0.1, 0.15) is 5.82 Å². The van der Waals surface area contributed by atoms with Crippen LogP contribution in [0.15, 0.2) is 24.3 Å². The number of benzene rings is 1. The lowest BCUT2D eigenvalue weighted by Gasteiger charge is -2.01. The van der Waals surface area contributed by atoms with E-state index >= 15 is 0 Å². The molecule has 15 heavy (non-hydrogen) atoms. The number of aromatic amines is 1. The summed E-state index contributed by atoms with van der Waals surface area (Å²) in [4.78, 5) is 3.36. The van der Waals surface area contributed by atoms with E-state index in [-0.39, 0.29) is 5.38 Å².